The summed E-state index contributed by atoms with van der Waals surface area (Å²) in [5.41, 5.74) is 2.42. The van der Waals surface area contributed by atoms with E-state index in [0.717, 1.165) is 12.8 Å². The van der Waals surface area contributed by atoms with Crippen molar-refractivity contribution in [3.8, 4) is 0 Å². The maximum absolute atomic E-state index is 14.1. The lowest BCUT2D eigenvalue weighted by molar-refractivity contribution is -0.158. The number of piperazine rings is 1. The van der Waals surface area contributed by atoms with Gasteiger partial charge in [0, 0.05) is 6.04 Å². The summed E-state index contributed by atoms with van der Waals surface area (Å²) in [7, 11) is 0. The lowest BCUT2D eigenvalue weighted by Gasteiger charge is -2.44. The van der Waals surface area contributed by atoms with Gasteiger partial charge in [0.2, 0.25) is 11.8 Å². The fraction of sp³-hybridized carbons (Fsp3) is 0.519. The molecule has 34 heavy (non-hydrogen) atoms. The molecule has 1 fully saturated rings. The Morgan fingerprint density at radius 2 is 1.74 bits per heavy atom. The van der Waals surface area contributed by atoms with Crippen molar-refractivity contribution in [1.29, 1.82) is 0 Å². The Morgan fingerprint density at radius 3 is 2.26 bits per heavy atom. The van der Waals surface area contributed by atoms with Crippen LogP contribution in [0.1, 0.15) is 62.8 Å². The number of hydrogen-bond donors (Lipinski definition) is 2. The summed E-state index contributed by atoms with van der Waals surface area (Å²) in [6, 6.07) is 9.09. The van der Waals surface area contributed by atoms with E-state index >= 15 is 0 Å². The van der Waals surface area contributed by atoms with Crippen molar-refractivity contribution in [2.45, 2.75) is 78.0 Å². The molecule has 1 aliphatic carbocycles. The molecule has 2 unspecified atom stereocenters. The van der Waals surface area contributed by atoms with E-state index in [9.17, 15) is 14.4 Å². The molecule has 3 atom stereocenters. The molecular formula is C27H35N3O4. The lowest BCUT2D eigenvalue weighted by atomic mass is 9.88. The van der Waals surface area contributed by atoms with Crippen molar-refractivity contribution in [1.82, 2.24) is 15.5 Å². The second kappa shape index (κ2) is 9.65. The van der Waals surface area contributed by atoms with Crippen molar-refractivity contribution in [3.63, 3.8) is 0 Å². The molecule has 182 valence electrons. The van der Waals surface area contributed by atoms with Gasteiger partial charge in [0.05, 0.1) is 0 Å². The predicted octanol–water partition coefficient (Wildman–Crippen LogP) is 3.31. The van der Waals surface area contributed by atoms with Gasteiger partial charge in [-0.15, -0.1) is 0 Å². The third-order valence-electron chi connectivity index (χ3n) is 6.69. The molecule has 2 heterocycles. The van der Waals surface area contributed by atoms with Crippen molar-refractivity contribution >= 4 is 17.7 Å². The first kappa shape index (κ1) is 24.0. The molecule has 7 heteroatoms. The van der Waals surface area contributed by atoms with Crippen molar-refractivity contribution in [3.05, 3.63) is 59.0 Å². The van der Waals surface area contributed by atoms with Gasteiger partial charge in [-0.05, 0) is 75.1 Å². The van der Waals surface area contributed by atoms with E-state index in [2.05, 4.69) is 22.8 Å². The first-order valence-corrected chi connectivity index (χ1v) is 12.2. The number of nitrogens with zero attached hydrogens (tertiary/aromatic N) is 1. The van der Waals surface area contributed by atoms with Gasteiger partial charge < -0.3 is 20.0 Å². The highest BCUT2D eigenvalue weighted by atomic mass is 16.3. The maximum atomic E-state index is 14.1. The molecular weight excluding hydrogens is 430 g/mol. The Balaban J connectivity index is 1.73. The molecule has 0 spiro atoms. The molecule has 0 radical (unpaired) electrons. The zero-order chi connectivity index (χ0) is 24.6. The molecule has 3 amide bonds. The number of carbonyl (C=O) groups excluding carboxylic acids is 3. The van der Waals surface area contributed by atoms with Crippen molar-refractivity contribution in [2.24, 2.45) is 11.8 Å². The molecule has 1 aromatic carbocycles. The normalized spacial score (nSPS) is 21.7. The van der Waals surface area contributed by atoms with Crippen LogP contribution in [0.5, 0.6) is 0 Å². The third kappa shape index (κ3) is 4.74. The van der Waals surface area contributed by atoms with Crippen LogP contribution in [0.4, 0.5) is 0 Å². The van der Waals surface area contributed by atoms with Crippen LogP contribution in [-0.4, -0.2) is 40.7 Å². The predicted molar refractivity (Wildman–Crippen MR) is 129 cm³/mol. The van der Waals surface area contributed by atoms with Gasteiger partial charge in [0.25, 0.3) is 5.91 Å². The zero-order valence-corrected chi connectivity index (χ0v) is 20.6. The Kier molecular flexibility index (Phi) is 6.82. The molecule has 0 bridgehead atoms. The fourth-order valence-electron chi connectivity index (χ4n) is 5.23. The summed E-state index contributed by atoms with van der Waals surface area (Å²) in [6.07, 6.45) is 1.90. The second-order valence-electron chi connectivity index (χ2n) is 10.3. The summed E-state index contributed by atoms with van der Waals surface area (Å²) >= 11 is 0. The highest BCUT2D eigenvalue weighted by Gasteiger charge is 2.50. The minimum absolute atomic E-state index is 0.0523. The average Bonchev–Trinajstić information content (AvgIpc) is 3.38. The quantitative estimate of drug-likeness (QED) is 0.656. The third-order valence-corrected chi connectivity index (χ3v) is 6.69. The number of carbonyl (C=O) groups is 3. The Hall–Kier alpha value is -3.09. The highest BCUT2D eigenvalue weighted by Crippen LogP contribution is 2.35. The smallest absolute Gasteiger partial charge is 0.250 e. The van der Waals surface area contributed by atoms with E-state index in [4.69, 9.17) is 4.42 Å². The van der Waals surface area contributed by atoms with Crippen LogP contribution >= 0.6 is 0 Å². The monoisotopic (exact) mass is 465 g/mol. The number of rotatable bonds is 7. The Bertz CT molecular complexity index is 1050. The van der Waals surface area contributed by atoms with E-state index in [1.54, 1.807) is 19.1 Å². The number of aryl methyl sites for hydroxylation is 1. The molecule has 2 aliphatic rings. The summed E-state index contributed by atoms with van der Waals surface area (Å²) < 4.78 is 5.86. The van der Waals surface area contributed by atoms with Crippen LogP contribution in [0, 0.1) is 18.8 Å². The number of benzene rings is 1. The number of fused-ring (bicyclic) bond motifs is 1. The Labute approximate surface area is 201 Å². The Morgan fingerprint density at radius 1 is 1.09 bits per heavy atom. The first-order valence-electron chi connectivity index (χ1n) is 12.2. The minimum Gasteiger partial charge on any atom is -0.464 e. The van der Waals surface area contributed by atoms with Gasteiger partial charge in [0.15, 0.2) is 6.04 Å². The van der Waals surface area contributed by atoms with Crippen LogP contribution in [0.25, 0.3) is 0 Å². The van der Waals surface area contributed by atoms with Crippen LogP contribution in [0.3, 0.4) is 0 Å². The lowest BCUT2D eigenvalue weighted by Crippen LogP contribution is -2.67. The number of nitrogens with one attached hydrogen (secondary N) is 2. The molecule has 1 saturated heterocycles. The summed E-state index contributed by atoms with van der Waals surface area (Å²) in [5.74, 6) is 0.361. The highest BCUT2D eigenvalue weighted by molar-refractivity contribution is 6.00. The standard InChI is InChI=1S/C27H35N3O4/c1-15(2)12-21-25(31)29-23(20-13-18-8-6-7-9-19(18)14-20)27(33)30(21)24(26(32)28-16(3)4)22-11-10-17(5)34-22/h6-11,15-16,20-21,23-24H,12-14H2,1-5H3,(H,28,32)(H,29,31)/t21-,23?,24?/m1/s1. The minimum atomic E-state index is -1.01. The van der Waals surface area contributed by atoms with E-state index in [1.165, 1.54) is 16.0 Å². The molecule has 1 aliphatic heterocycles. The molecule has 0 saturated carbocycles. The van der Waals surface area contributed by atoms with E-state index in [-0.39, 0.29) is 35.6 Å². The largest absolute Gasteiger partial charge is 0.464 e. The second-order valence-corrected chi connectivity index (χ2v) is 10.3. The van der Waals surface area contributed by atoms with Gasteiger partial charge in [-0.3, -0.25) is 14.4 Å². The van der Waals surface area contributed by atoms with E-state index in [1.807, 2.05) is 39.8 Å². The van der Waals surface area contributed by atoms with Crippen molar-refractivity contribution in [2.75, 3.05) is 0 Å². The topological polar surface area (TPSA) is 91.7 Å². The van der Waals surface area contributed by atoms with Gasteiger partial charge in [-0.25, -0.2) is 0 Å². The van der Waals surface area contributed by atoms with Gasteiger partial charge in [-0.1, -0.05) is 38.1 Å². The maximum Gasteiger partial charge on any atom is 0.250 e. The first-order chi connectivity index (χ1) is 16.2. The zero-order valence-electron chi connectivity index (χ0n) is 20.6. The van der Waals surface area contributed by atoms with Crippen LogP contribution in [0.15, 0.2) is 40.8 Å². The summed E-state index contributed by atoms with van der Waals surface area (Å²) in [5, 5.41) is 5.96. The number of furan rings is 1. The average molecular weight is 466 g/mol. The van der Waals surface area contributed by atoms with Gasteiger partial charge >= 0.3 is 0 Å². The van der Waals surface area contributed by atoms with Gasteiger partial charge in [0.1, 0.15) is 23.6 Å². The van der Waals surface area contributed by atoms with Crippen LogP contribution in [-0.2, 0) is 27.2 Å². The molecule has 4 rings (SSSR count). The molecule has 1 aromatic heterocycles. The molecule has 2 N–H and O–H groups in total. The van der Waals surface area contributed by atoms with Crippen LogP contribution in [0.2, 0.25) is 0 Å². The van der Waals surface area contributed by atoms with E-state index in [0.29, 0.717) is 17.9 Å². The number of hydrogen-bond acceptors (Lipinski definition) is 4. The number of amides is 3. The SMILES string of the molecule is Cc1ccc(C(C(=O)NC(C)C)N2C(=O)C(C3Cc4ccccc4C3)NC(=O)[C@H]2CC(C)C)o1. The summed E-state index contributed by atoms with van der Waals surface area (Å²) in [4.78, 5) is 42.5. The summed E-state index contributed by atoms with van der Waals surface area (Å²) in [6.45, 7) is 9.57. The van der Waals surface area contributed by atoms with Crippen molar-refractivity contribution < 1.29 is 18.8 Å². The van der Waals surface area contributed by atoms with E-state index < -0.39 is 18.1 Å². The molecule has 2 aromatic rings. The fourth-order valence-corrected chi connectivity index (χ4v) is 5.23. The van der Waals surface area contributed by atoms with Crippen LogP contribution < -0.4 is 10.6 Å². The molecule has 7 nitrogen and oxygen atoms in total. The van der Waals surface area contributed by atoms with Gasteiger partial charge in [-0.2, -0.15) is 0 Å².